The summed E-state index contributed by atoms with van der Waals surface area (Å²) >= 11 is -1.06. The van der Waals surface area contributed by atoms with Crippen LogP contribution in [-0.2, 0) is 34.3 Å². The van der Waals surface area contributed by atoms with Crippen LogP contribution in [0.15, 0.2) is 0 Å². The van der Waals surface area contributed by atoms with Crippen LogP contribution < -0.4 is 0 Å². The van der Waals surface area contributed by atoms with Crippen molar-refractivity contribution in [2.45, 2.75) is 52.4 Å². The molecule has 0 saturated heterocycles. The summed E-state index contributed by atoms with van der Waals surface area (Å²) in [5.74, 6) is 0. The van der Waals surface area contributed by atoms with Gasteiger partial charge in [-0.25, -0.2) is 0 Å². The molecule has 0 atom stereocenters. The van der Waals surface area contributed by atoms with Gasteiger partial charge in [-0.05, 0) is 0 Å². The van der Waals surface area contributed by atoms with E-state index >= 15 is 0 Å². The average Bonchev–Trinajstić information content (AvgIpc) is 2.16. The molecule has 0 aliphatic carbocycles. The van der Waals surface area contributed by atoms with Gasteiger partial charge >= 0.3 is 99.9 Å². The van der Waals surface area contributed by atoms with Crippen LogP contribution >= 0.6 is 0 Å². The standard InChI is InChI=1S/2C5H11O.Y/c2*1-2-3-4-5-6;/h2*2-5H2,1H3;/q2*-1;+2. The fraction of sp³-hybridized carbons (Fsp3) is 1.00. The molecule has 77 valence electrons. The second-order valence-corrected chi connectivity index (χ2v) is 5.36. The van der Waals surface area contributed by atoms with E-state index < -0.39 is 30.2 Å². The predicted molar refractivity (Wildman–Crippen MR) is 51.0 cm³/mol. The first kappa shape index (κ1) is 14.0. The number of hydrogen-bond acceptors (Lipinski definition) is 2. The molecule has 3 heteroatoms. The summed E-state index contributed by atoms with van der Waals surface area (Å²) in [6.07, 6.45) is 7.54. The monoisotopic (exact) mass is 263 g/mol. The topological polar surface area (TPSA) is 18.5 Å². The number of unbranched alkanes of at least 4 members (excludes halogenated alkanes) is 4. The summed E-state index contributed by atoms with van der Waals surface area (Å²) in [6.45, 7) is 6.29. The van der Waals surface area contributed by atoms with Gasteiger partial charge in [0.05, 0.1) is 0 Å². The quantitative estimate of drug-likeness (QED) is 0.563. The zero-order valence-electron chi connectivity index (χ0n) is 9.05. The van der Waals surface area contributed by atoms with E-state index in [1.54, 1.807) is 0 Å². The van der Waals surface area contributed by atoms with Gasteiger partial charge in [0.1, 0.15) is 0 Å². The second kappa shape index (κ2) is 13.0. The van der Waals surface area contributed by atoms with Crippen LogP contribution in [0.3, 0.4) is 0 Å². The molecule has 0 radical (unpaired) electrons. The van der Waals surface area contributed by atoms with Gasteiger partial charge in [0.15, 0.2) is 0 Å². The Balaban J connectivity index is 2.76. The molecule has 0 bridgehead atoms. The van der Waals surface area contributed by atoms with Crippen molar-refractivity contribution in [3.05, 3.63) is 0 Å². The minimum absolute atomic E-state index is 0.933. The third-order valence-electron chi connectivity index (χ3n) is 1.87. The zero-order chi connectivity index (χ0) is 9.78. The SMILES string of the molecule is CCCCC[O][Y][O]CCCCC. The molecule has 0 aromatic carbocycles. The van der Waals surface area contributed by atoms with Gasteiger partial charge in [0.2, 0.25) is 0 Å². The molecule has 0 aliphatic rings. The molecule has 0 heterocycles. The minimum atomic E-state index is -1.06. The van der Waals surface area contributed by atoms with E-state index in [1.807, 2.05) is 0 Å². The number of hydrogen-bond donors (Lipinski definition) is 0. The molecule has 0 aliphatic heterocycles. The van der Waals surface area contributed by atoms with Crippen molar-refractivity contribution in [3.8, 4) is 0 Å². The van der Waals surface area contributed by atoms with Gasteiger partial charge in [-0.3, -0.25) is 0 Å². The summed E-state index contributed by atoms with van der Waals surface area (Å²) in [5.41, 5.74) is 0. The van der Waals surface area contributed by atoms with E-state index in [0.717, 1.165) is 13.2 Å². The van der Waals surface area contributed by atoms with Crippen LogP contribution in [0.4, 0.5) is 0 Å². The Morgan fingerprint density at radius 2 is 1.23 bits per heavy atom. The van der Waals surface area contributed by atoms with Gasteiger partial charge in [-0.15, -0.1) is 0 Å². The van der Waals surface area contributed by atoms with Crippen molar-refractivity contribution in [1.82, 2.24) is 0 Å². The van der Waals surface area contributed by atoms with Crippen LogP contribution in [0.1, 0.15) is 52.4 Å². The van der Waals surface area contributed by atoms with E-state index in [-0.39, 0.29) is 0 Å². The van der Waals surface area contributed by atoms with Gasteiger partial charge in [-0.2, -0.15) is 0 Å². The zero-order valence-corrected chi connectivity index (χ0v) is 11.9. The van der Waals surface area contributed by atoms with E-state index in [9.17, 15) is 0 Å². The second-order valence-electron chi connectivity index (χ2n) is 3.25. The van der Waals surface area contributed by atoms with Crippen molar-refractivity contribution < 1.29 is 34.3 Å². The Labute approximate surface area is 99.4 Å². The van der Waals surface area contributed by atoms with Gasteiger partial charge in [0.25, 0.3) is 0 Å². The van der Waals surface area contributed by atoms with Crippen molar-refractivity contribution in [2.75, 3.05) is 13.2 Å². The first-order chi connectivity index (χ1) is 6.41. The Morgan fingerprint density at radius 3 is 1.62 bits per heavy atom. The Morgan fingerprint density at radius 1 is 0.769 bits per heavy atom. The van der Waals surface area contributed by atoms with Crippen LogP contribution in [0, 0.1) is 0 Å². The van der Waals surface area contributed by atoms with Crippen LogP contribution in [0.25, 0.3) is 0 Å². The maximum absolute atomic E-state index is 5.48. The fourth-order valence-corrected chi connectivity index (χ4v) is 2.54. The van der Waals surface area contributed by atoms with Crippen molar-refractivity contribution in [3.63, 3.8) is 0 Å². The first-order valence-electron chi connectivity index (χ1n) is 5.46. The Kier molecular flexibility index (Phi) is 14.0. The summed E-state index contributed by atoms with van der Waals surface area (Å²) in [6, 6.07) is 0. The van der Waals surface area contributed by atoms with Crippen molar-refractivity contribution in [1.29, 1.82) is 0 Å². The Bertz CT molecular complexity index is 79.0. The van der Waals surface area contributed by atoms with E-state index in [4.69, 9.17) is 4.10 Å². The molecule has 0 saturated carbocycles. The summed E-state index contributed by atoms with van der Waals surface area (Å²) in [4.78, 5) is 0. The van der Waals surface area contributed by atoms with E-state index in [2.05, 4.69) is 13.8 Å². The van der Waals surface area contributed by atoms with Crippen LogP contribution in [-0.4, -0.2) is 13.2 Å². The molecule has 2 nitrogen and oxygen atoms in total. The molecule has 0 unspecified atom stereocenters. The van der Waals surface area contributed by atoms with E-state index in [1.165, 1.54) is 38.5 Å². The molecule has 0 N–H and O–H groups in total. The summed E-state index contributed by atoms with van der Waals surface area (Å²) in [7, 11) is 0. The Hall–Kier alpha value is 1.02. The third kappa shape index (κ3) is 13.0. The predicted octanol–water partition coefficient (Wildman–Crippen LogP) is 3.31. The third-order valence-corrected chi connectivity index (χ3v) is 3.70. The van der Waals surface area contributed by atoms with Gasteiger partial charge < -0.3 is 0 Å². The number of rotatable bonds is 10. The van der Waals surface area contributed by atoms with Gasteiger partial charge in [0, 0.05) is 0 Å². The first-order valence-corrected chi connectivity index (χ1v) is 7.78. The van der Waals surface area contributed by atoms with Crippen LogP contribution in [0.2, 0.25) is 0 Å². The molecule has 13 heavy (non-hydrogen) atoms. The van der Waals surface area contributed by atoms with Crippen molar-refractivity contribution in [2.24, 2.45) is 0 Å². The molecular formula is C10H22O2Y. The maximum atomic E-state index is 5.48. The normalized spacial score (nSPS) is 10.0. The molecule has 0 aromatic heterocycles. The van der Waals surface area contributed by atoms with E-state index in [0.29, 0.717) is 0 Å². The van der Waals surface area contributed by atoms with Crippen LogP contribution in [0.5, 0.6) is 0 Å². The molecule has 0 fully saturated rings. The molecule has 0 rings (SSSR count). The summed E-state index contributed by atoms with van der Waals surface area (Å²) < 4.78 is 11.0. The van der Waals surface area contributed by atoms with Crippen molar-refractivity contribution >= 4 is 0 Å². The molecule has 0 aromatic rings. The summed E-state index contributed by atoms with van der Waals surface area (Å²) in [5, 5.41) is 0. The molecule has 0 amide bonds. The fourth-order valence-electron chi connectivity index (χ4n) is 1.02. The molecule has 0 spiro atoms. The average molecular weight is 263 g/mol. The van der Waals surface area contributed by atoms with Gasteiger partial charge in [-0.1, -0.05) is 0 Å². The molecular weight excluding hydrogens is 241 g/mol.